The van der Waals surface area contributed by atoms with Gasteiger partial charge in [-0.2, -0.15) is 0 Å². The molecular weight excluding hydrogens is 494 g/mol. The molecule has 2 fully saturated rings. The molecule has 0 saturated carbocycles. The molecule has 2 aromatic rings. The molecule has 0 atom stereocenters. The van der Waals surface area contributed by atoms with Crippen molar-refractivity contribution < 1.29 is 14.4 Å². The summed E-state index contributed by atoms with van der Waals surface area (Å²) in [6.07, 6.45) is 5.48. The Bertz CT molecular complexity index is 1070. The smallest absolute Gasteiger partial charge is 0.272 e. The van der Waals surface area contributed by atoms with Crippen molar-refractivity contribution in [2.24, 2.45) is 0 Å². The van der Waals surface area contributed by atoms with Gasteiger partial charge in [0, 0.05) is 70.7 Å². The summed E-state index contributed by atoms with van der Waals surface area (Å²) in [6.45, 7) is 8.63. The number of likely N-dealkylation sites (tertiary alicyclic amines) is 1. The second-order valence-electron chi connectivity index (χ2n) is 9.48. The van der Waals surface area contributed by atoms with Gasteiger partial charge < -0.3 is 25.3 Å². The predicted molar refractivity (Wildman–Crippen MR) is 145 cm³/mol. The summed E-state index contributed by atoms with van der Waals surface area (Å²) in [5.74, 6) is 0.720. The number of nitrogens with zero attached hydrogens (tertiary/aromatic N) is 5. The molecule has 11 heteroatoms. The van der Waals surface area contributed by atoms with Crippen LogP contribution in [0.25, 0.3) is 0 Å². The molecule has 200 valence electrons. The topological polar surface area (TPSA) is 111 Å². The summed E-state index contributed by atoms with van der Waals surface area (Å²) in [5, 5.41) is 6.29. The molecule has 2 saturated heterocycles. The third kappa shape index (κ3) is 7.31. The average molecular weight is 530 g/mol. The quantitative estimate of drug-likeness (QED) is 0.480. The lowest BCUT2D eigenvalue weighted by atomic mass is 10.2. The lowest BCUT2D eigenvalue weighted by Gasteiger charge is -2.36. The zero-order valence-electron chi connectivity index (χ0n) is 21.5. The van der Waals surface area contributed by atoms with Crippen LogP contribution in [-0.2, 0) is 4.79 Å². The number of amides is 3. The van der Waals surface area contributed by atoms with Crippen LogP contribution in [0.5, 0.6) is 0 Å². The maximum absolute atomic E-state index is 13.0. The van der Waals surface area contributed by atoms with Gasteiger partial charge in [-0.25, -0.2) is 4.98 Å². The second kappa shape index (κ2) is 13.2. The van der Waals surface area contributed by atoms with Gasteiger partial charge in [0.15, 0.2) is 5.82 Å². The van der Waals surface area contributed by atoms with E-state index in [1.165, 1.54) is 6.20 Å². The minimum absolute atomic E-state index is 0. The number of pyridine rings is 2. The van der Waals surface area contributed by atoms with Crippen molar-refractivity contribution in [2.45, 2.75) is 39.2 Å². The van der Waals surface area contributed by atoms with E-state index in [1.807, 2.05) is 17.0 Å². The monoisotopic (exact) mass is 529 g/mol. The number of halogens is 1. The normalized spacial score (nSPS) is 15.5. The summed E-state index contributed by atoms with van der Waals surface area (Å²) in [5.41, 5.74) is 1.73. The first-order chi connectivity index (χ1) is 17.4. The molecule has 0 bridgehead atoms. The van der Waals surface area contributed by atoms with Crippen LogP contribution in [0.4, 0.5) is 11.5 Å². The number of anilines is 2. The van der Waals surface area contributed by atoms with Gasteiger partial charge in [-0.3, -0.25) is 19.4 Å². The molecule has 2 aliphatic rings. The molecule has 2 aromatic heterocycles. The van der Waals surface area contributed by atoms with Crippen LogP contribution in [0.3, 0.4) is 0 Å². The van der Waals surface area contributed by atoms with E-state index in [4.69, 9.17) is 0 Å². The Morgan fingerprint density at radius 3 is 2.49 bits per heavy atom. The molecule has 4 heterocycles. The van der Waals surface area contributed by atoms with E-state index in [0.717, 1.165) is 24.5 Å². The number of carbonyl (C=O) groups excluding carboxylic acids is 3. The minimum Gasteiger partial charge on any atom is -0.380 e. The Morgan fingerprint density at radius 1 is 1.05 bits per heavy atom. The molecule has 37 heavy (non-hydrogen) atoms. The highest BCUT2D eigenvalue weighted by Crippen LogP contribution is 2.24. The minimum atomic E-state index is -0.232. The van der Waals surface area contributed by atoms with E-state index in [1.54, 1.807) is 23.2 Å². The second-order valence-corrected chi connectivity index (χ2v) is 9.48. The fourth-order valence-corrected chi connectivity index (χ4v) is 4.53. The van der Waals surface area contributed by atoms with Crippen molar-refractivity contribution in [3.63, 3.8) is 0 Å². The third-order valence-corrected chi connectivity index (χ3v) is 6.40. The number of carbonyl (C=O) groups is 3. The Kier molecular flexibility index (Phi) is 10.1. The third-order valence-electron chi connectivity index (χ3n) is 6.40. The highest BCUT2D eigenvalue weighted by molar-refractivity contribution is 5.96. The zero-order chi connectivity index (χ0) is 25.5. The van der Waals surface area contributed by atoms with Gasteiger partial charge in [-0.15, -0.1) is 12.4 Å². The maximum atomic E-state index is 13.0. The van der Waals surface area contributed by atoms with Crippen molar-refractivity contribution in [2.75, 3.05) is 56.0 Å². The standard InChI is InChI=1S/C26H35N7O3.ClH/c1-19(2)30-21-6-3-10-27-24(21)32-14-16-33(17-15-32)26(36)22-9-8-20(18-29-22)25(35)28-11-5-13-31-12-4-7-23(31)34;/h3,6,8-10,18-19,30H,4-5,7,11-17H2,1-2H3,(H,28,35);1H. The van der Waals surface area contributed by atoms with Crippen LogP contribution in [0, 0.1) is 0 Å². The predicted octanol–water partition coefficient (Wildman–Crippen LogP) is 2.42. The maximum Gasteiger partial charge on any atom is 0.272 e. The molecule has 2 aliphatic heterocycles. The van der Waals surface area contributed by atoms with Crippen LogP contribution in [0.15, 0.2) is 36.7 Å². The van der Waals surface area contributed by atoms with Gasteiger partial charge in [0.2, 0.25) is 5.91 Å². The Balaban J connectivity index is 0.00000380. The first-order valence-corrected chi connectivity index (χ1v) is 12.7. The van der Waals surface area contributed by atoms with Crippen LogP contribution < -0.4 is 15.5 Å². The van der Waals surface area contributed by atoms with Gasteiger partial charge in [-0.05, 0) is 51.0 Å². The van der Waals surface area contributed by atoms with Crippen molar-refractivity contribution >= 4 is 41.6 Å². The van der Waals surface area contributed by atoms with E-state index in [0.29, 0.717) is 69.4 Å². The van der Waals surface area contributed by atoms with Gasteiger partial charge in [0.05, 0.1) is 11.3 Å². The Hall–Kier alpha value is -3.40. The highest BCUT2D eigenvalue weighted by atomic mass is 35.5. The first-order valence-electron chi connectivity index (χ1n) is 12.7. The Morgan fingerprint density at radius 2 is 1.84 bits per heavy atom. The average Bonchev–Trinajstić information content (AvgIpc) is 3.30. The number of nitrogens with one attached hydrogen (secondary N) is 2. The summed E-state index contributed by atoms with van der Waals surface area (Å²) < 4.78 is 0. The molecule has 0 aliphatic carbocycles. The largest absolute Gasteiger partial charge is 0.380 e. The summed E-state index contributed by atoms with van der Waals surface area (Å²) in [4.78, 5) is 51.7. The number of rotatable bonds is 9. The number of aromatic nitrogens is 2. The van der Waals surface area contributed by atoms with Gasteiger partial charge in [0.1, 0.15) is 5.69 Å². The molecular formula is C26H36ClN7O3. The molecule has 3 amide bonds. The fraction of sp³-hybridized carbons (Fsp3) is 0.500. The van der Waals surface area contributed by atoms with Crippen LogP contribution >= 0.6 is 12.4 Å². The molecule has 0 unspecified atom stereocenters. The van der Waals surface area contributed by atoms with Crippen LogP contribution in [0.1, 0.15) is 54.0 Å². The summed E-state index contributed by atoms with van der Waals surface area (Å²) in [6, 6.07) is 7.48. The van der Waals surface area contributed by atoms with Gasteiger partial charge in [-0.1, -0.05) is 0 Å². The Labute approximate surface area is 224 Å². The molecule has 4 rings (SSSR count). The van der Waals surface area contributed by atoms with Crippen molar-refractivity contribution in [1.82, 2.24) is 25.1 Å². The first kappa shape index (κ1) is 28.2. The van der Waals surface area contributed by atoms with E-state index < -0.39 is 0 Å². The van der Waals surface area contributed by atoms with Crippen molar-refractivity contribution in [3.05, 3.63) is 47.9 Å². The molecule has 0 radical (unpaired) electrons. The lowest BCUT2D eigenvalue weighted by molar-refractivity contribution is -0.127. The number of hydrogen-bond acceptors (Lipinski definition) is 7. The van der Waals surface area contributed by atoms with E-state index in [-0.39, 0.29) is 30.1 Å². The zero-order valence-corrected chi connectivity index (χ0v) is 22.3. The van der Waals surface area contributed by atoms with Crippen LogP contribution in [-0.4, -0.2) is 89.3 Å². The van der Waals surface area contributed by atoms with Crippen molar-refractivity contribution in [3.8, 4) is 0 Å². The van der Waals surface area contributed by atoms with E-state index in [2.05, 4.69) is 39.3 Å². The summed E-state index contributed by atoms with van der Waals surface area (Å²) >= 11 is 0. The van der Waals surface area contributed by atoms with Crippen molar-refractivity contribution in [1.29, 1.82) is 0 Å². The lowest BCUT2D eigenvalue weighted by Crippen LogP contribution is -2.49. The SMILES string of the molecule is CC(C)Nc1cccnc1N1CCN(C(=O)c2ccc(C(=O)NCCCN3CCCC3=O)cn2)CC1.Cl. The molecule has 0 aromatic carbocycles. The molecule has 2 N–H and O–H groups in total. The van der Waals surface area contributed by atoms with Gasteiger partial charge >= 0.3 is 0 Å². The number of piperazine rings is 1. The van der Waals surface area contributed by atoms with E-state index >= 15 is 0 Å². The summed E-state index contributed by atoms with van der Waals surface area (Å²) in [7, 11) is 0. The molecule has 10 nitrogen and oxygen atoms in total. The van der Waals surface area contributed by atoms with Gasteiger partial charge in [0.25, 0.3) is 11.8 Å². The molecule has 0 spiro atoms. The van der Waals surface area contributed by atoms with Crippen LogP contribution in [0.2, 0.25) is 0 Å². The number of hydrogen-bond donors (Lipinski definition) is 2. The highest BCUT2D eigenvalue weighted by Gasteiger charge is 2.25. The van der Waals surface area contributed by atoms with E-state index in [9.17, 15) is 14.4 Å². The fourth-order valence-electron chi connectivity index (χ4n) is 4.53.